The summed E-state index contributed by atoms with van der Waals surface area (Å²) < 4.78 is 5.35. The molecule has 0 radical (unpaired) electrons. The number of nitrogens with zero attached hydrogens (tertiary/aromatic N) is 2. The Morgan fingerprint density at radius 2 is 1.62 bits per heavy atom. The van der Waals surface area contributed by atoms with Gasteiger partial charge in [0.05, 0.1) is 0 Å². The van der Waals surface area contributed by atoms with Gasteiger partial charge in [-0.2, -0.15) is 0 Å². The summed E-state index contributed by atoms with van der Waals surface area (Å²) in [5, 5.41) is 0. The smallest absolute Gasteiger partial charge is 0.324 e. The molecule has 6 nitrogen and oxygen atoms in total. The average molecular weight is 351 g/mol. The van der Waals surface area contributed by atoms with Gasteiger partial charge in [0.1, 0.15) is 11.7 Å². The Morgan fingerprint density at radius 3 is 2.27 bits per heavy atom. The van der Waals surface area contributed by atoms with Crippen LogP contribution in [0.25, 0.3) is 0 Å². The highest BCUT2D eigenvalue weighted by Crippen LogP contribution is 2.32. The molecule has 0 aliphatic carbocycles. The number of fused-ring (bicyclic) bond motifs is 1. The molecule has 1 unspecified atom stereocenters. The first-order valence-corrected chi connectivity index (χ1v) is 8.81. The predicted molar refractivity (Wildman–Crippen MR) is 99.3 cm³/mol. The molecule has 4 rings (SSSR count). The first-order chi connectivity index (χ1) is 12.6. The normalized spacial score (nSPS) is 19.7. The van der Waals surface area contributed by atoms with Crippen molar-refractivity contribution in [2.24, 2.45) is 11.7 Å². The van der Waals surface area contributed by atoms with Crippen LogP contribution in [0.4, 0.5) is 11.4 Å². The Labute approximate surface area is 152 Å². The van der Waals surface area contributed by atoms with Crippen molar-refractivity contribution in [1.29, 1.82) is 0 Å². The molecule has 0 saturated carbocycles. The molecule has 1 saturated heterocycles. The number of esters is 1. The molecule has 2 aliphatic heterocycles. The molecule has 0 spiro atoms. The van der Waals surface area contributed by atoms with Crippen molar-refractivity contribution < 1.29 is 14.3 Å². The summed E-state index contributed by atoms with van der Waals surface area (Å²) in [5.74, 6) is -1.55. The van der Waals surface area contributed by atoms with Gasteiger partial charge >= 0.3 is 5.97 Å². The van der Waals surface area contributed by atoms with Crippen LogP contribution >= 0.6 is 0 Å². The molecule has 0 bridgehead atoms. The van der Waals surface area contributed by atoms with E-state index < -0.39 is 17.8 Å². The van der Waals surface area contributed by atoms with E-state index in [0.29, 0.717) is 12.2 Å². The zero-order valence-corrected chi connectivity index (χ0v) is 14.4. The molecular formula is C20H21N3O3. The number of amides is 1. The molecule has 2 aromatic rings. The highest BCUT2D eigenvalue weighted by molar-refractivity contribution is 5.99. The zero-order chi connectivity index (χ0) is 18.1. The van der Waals surface area contributed by atoms with Gasteiger partial charge in [0, 0.05) is 43.6 Å². The van der Waals surface area contributed by atoms with Crippen molar-refractivity contribution >= 4 is 23.3 Å². The summed E-state index contributed by atoms with van der Waals surface area (Å²) in [6, 6.07) is 16.2. The number of nitrogens with two attached hydrogens (primary N) is 1. The van der Waals surface area contributed by atoms with Crippen molar-refractivity contribution in [2.75, 3.05) is 36.0 Å². The van der Waals surface area contributed by atoms with Gasteiger partial charge in [-0.25, -0.2) is 0 Å². The van der Waals surface area contributed by atoms with E-state index in [-0.39, 0.29) is 0 Å². The van der Waals surface area contributed by atoms with Crippen molar-refractivity contribution in [1.82, 2.24) is 0 Å². The number of ether oxygens (including phenoxy) is 1. The topological polar surface area (TPSA) is 75.9 Å². The van der Waals surface area contributed by atoms with E-state index in [0.717, 1.165) is 37.4 Å². The fourth-order valence-electron chi connectivity index (χ4n) is 3.56. The fraction of sp³-hybridized carbons (Fsp3) is 0.300. The zero-order valence-electron chi connectivity index (χ0n) is 14.4. The maximum absolute atomic E-state index is 11.9. The molecule has 2 N–H and O–H groups in total. The Hall–Kier alpha value is -3.02. The Bertz CT molecular complexity index is 829. The van der Waals surface area contributed by atoms with Crippen LogP contribution in [0.5, 0.6) is 5.75 Å². The number of para-hydroxylation sites is 1. The van der Waals surface area contributed by atoms with Crippen LogP contribution in [0, 0.1) is 5.92 Å². The van der Waals surface area contributed by atoms with Crippen LogP contribution in [0.2, 0.25) is 0 Å². The minimum atomic E-state index is -0.886. The lowest BCUT2D eigenvalue weighted by atomic mass is 9.95. The standard InChI is InChI=1S/C20H21N3O3/c21-19(24)17-12-14-6-7-16(13-18(14)26-20(17)25)23-10-8-22(9-11-23)15-4-2-1-3-5-15/h1-7,13,17H,8-12H2,(H2,21,24). The number of carbonyl (C=O) groups excluding carboxylic acids is 2. The molecule has 2 aliphatic rings. The highest BCUT2D eigenvalue weighted by Gasteiger charge is 2.33. The quantitative estimate of drug-likeness (QED) is 0.516. The van der Waals surface area contributed by atoms with E-state index in [2.05, 4.69) is 34.1 Å². The lowest BCUT2D eigenvalue weighted by Crippen LogP contribution is -2.46. The fourth-order valence-corrected chi connectivity index (χ4v) is 3.56. The SMILES string of the molecule is NC(=O)C1Cc2ccc(N3CCN(c4ccccc4)CC3)cc2OC1=O. The molecule has 0 aromatic heterocycles. The van der Waals surface area contributed by atoms with Gasteiger partial charge < -0.3 is 20.3 Å². The van der Waals surface area contributed by atoms with Crippen LogP contribution in [-0.4, -0.2) is 38.1 Å². The van der Waals surface area contributed by atoms with Crippen LogP contribution in [0.3, 0.4) is 0 Å². The van der Waals surface area contributed by atoms with E-state index in [1.165, 1.54) is 5.69 Å². The molecule has 1 fully saturated rings. The van der Waals surface area contributed by atoms with E-state index in [1.807, 2.05) is 24.3 Å². The molecule has 6 heteroatoms. The summed E-state index contributed by atoms with van der Waals surface area (Å²) in [6.07, 6.45) is 0.311. The second-order valence-corrected chi connectivity index (χ2v) is 6.68. The predicted octanol–water partition coefficient (Wildman–Crippen LogP) is 1.58. The lowest BCUT2D eigenvalue weighted by molar-refractivity contribution is -0.144. The summed E-state index contributed by atoms with van der Waals surface area (Å²) in [4.78, 5) is 27.9. The third-order valence-corrected chi connectivity index (χ3v) is 5.08. The lowest BCUT2D eigenvalue weighted by Gasteiger charge is -2.37. The van der Waals surface area contributed by atoms with E-state index in [1.54, 1.807) is 0 Å². The monoisotopic (exact) mass is 351 g/mol. The molecule has 2 aromatic carbocycles. The van der Waals surface area contributed by atoms with E-state index >= 15 is 0 Å². The highest BCUT2D eigenvalue weighted by atomic mass is 16.5. The molecule has 2 heterocycles. The van der Waals surface area contributed by atoms with Crippen molar-refractivity contribution in [3.8, 4) is 5.75 Å². The second kappa shape index (κ2) is 6.71. The summed E-state index contributed by atoms with van der Waals surface area (Å²) >= 11 is 0. The number of carbonyl (C=O) groups is 2. The third kappa shape index (κ3) is 3.10. The third-order valence-electron chi connectivity index (χ3n) is 5.08. The number of anilines is 2. The number of hydrogen-bond acceptors (Lipinski definition) is 5. The van der Waals surface area contributed by atoms with Gasteiger partial charge in [-0.3, -0.25) is 9.59 Å². The average Bonchev–Trinajstić information content (AvgIpc) is 2.67. The van der Waals surface area contributed by atoms with Crippen LogP contribution in [-0.2, 0) is 16.0 Å². The number of rotatable bonds is 3. The van der Waals surface area contributed by atoms with Crippen LogP contribution < -0.4 is 20.3 Å². The molecule has 1 amide bonds. The van der Waals surface area contributed by atoms with Gasteiger partial charge in [-0.15, -0.1) is 0 Å². The molecular weight excluding hydrogens is 330 g/mol. The molecule has 134 valence electrons. The summed E-state index contributed by atoms with van der Waals surface area (Å²) in [7, 11) is 0. The van der Waals surface area contributed by atoms with Gasteiger partial charge in [-0.1, -0.05) is 24.3 Å². The van der Waals surface area contributed by atoms with Crippen molar-refractivity contribution in [3.05, 3.63) is 54.1 Å². The maximum Gasteiger partial charge on any atom is 0.324 e. The minimum Gasteiger partial charge on any atom is -0.426 e. The van der Waals surface area contributed by atoms with Gasteiger partial charge in [0.15, 0.2) is 0 Å². The number of primary amides is 1. The Morgan fingerprint density at radius 1 is 0.962 bits per heavy atom. The number of benzene rings is 2. The van der Waals surface area contributed by atoms with Gasteiger partial charge in [0.25, 0.3) is 0 Å². The summed E-state index contributed by atoms with van der Waals surface area (Å²) in [6.45, 7) is 3.66. The van der Waals surface area contributed by atoms with E-state index in [9.17, 15) is 9.59 Å². The first kappa shape index (κ1) is 16.4. The minimum absolute atomic E-state index is 0.311. The van der Waals surface area contributed by atoms with Crippen LogP contribution in [0.15, 0.2) is 48.5 Å². The molecule has 26 heavy (non-hydrogen) atoms. The van der Waals surface area contributed by atoms with Gasteiger partial charge in [-0.05, 0) is 30.2 Å². The Balaban J connectivity index is 1.46. The number of hydrogen-bond donors (Lipinski definition) is 1. The van der Waals surface area contributed by atoms with Crippen molar-refractivity contribution in [3.63, 3.8) is 0 Å². The number of piperazine rings is 1. The molecule has 1 atom stereocenters. The Kier molecular flexibility index (Phi) is 4.24. The maximum atomic E-state index is 11.9. The van der Waals surface area contributed by atoms with E-state index in [4.69, 9.17) is 10.5 Å². The largest absolute Gasteiger partial charge is 0.426 e. The van der Waals surface area contributed by atoms with Crippen LogP contribution in [0.1, 0.15) is 5.56 Å². The van der Waals surface area contributed by atoms with Crippen molar-refractivity contribution in [2.45, 2.75) is 6.42 Å². The van der Waals surface area contributed by atoms with Gasteiger partial charge in [0.2, 0.25) is 5.91 Å². The second-order valence-electron chi connectivity index (χ2n) is 6.68. The first-order valence-electron chi connectivity index (χ1n) is 8.81. The summed E-state index contributed by atoms with van der Waals surface area (Å²) in [5.41, 5.74) is 8.39.